The zero-order valence-electron chi connectivity index (χ0n) is 12.8. The minimum absolute atomic E-state index is 0.249. The molecule has 21 heavy (non-hydrogen) atoms. The molecule has 1 unspecified atom stereocenters. The molecule has 0 spiro atoms. The Morgan fingerprint density at radius 2 is 1.86 bits per heavy atom. The first-order chi connectivity index (χ1) is 10.3. The van der Waals surface area contributed by atoms with Crippen molar-refractivity contribution in [3.63, 3.8) is 0 Å². The summed E-state index contributed by atoms with van der Waals surface area (Å²) in [6.07, 6.45) is 7.55. The highest BCUT2D eigenvalue weighted by atomic mass is 32.1. The fourth-order valence-corrected chi connectivity index (χ4v) is 3.31. The molecule has 1 heterocycles. The lowest BCUT2D eigenvalue weighted by Gasteiger charge is -2.08. The first-order valence-electron chi connectivity index (χ1n) is 7.97. The quantitative estimate of drug-likeness (QED) is 0.656. The van der Waals surface area contributed by atoms with E-state index in [0.717, 1.165) is 29.1 Å². The first-order valence-corrected chi connectivity index (χ1v) is 8.85. The summed E-state index contributed by atoms with van der Waals surface area (Å²) in [5.41, 5.74) is 2.17. The maximum atomic E-state index is 10.1. The van der Waals surface area contributed by atoms with Crippen LogP contribution in [0.4, 0.5) is 0 Å². The molecule has 0 radical (unpaired) electrons. The molecule has 0 bridgehead atoms. The summed E-state index contributed by atoms with van der Waals surface area (Å²) in [7, 11) is 0. The van der Waals surface area contributed by atoms with E-state index >= 15 is 0 Å². The van der Waals surface area contributed by atoms with E-state index in [4.69, 9.17) is 0 Å². The Labute approximate surface area is 131 Å². The van der Waals surface area contributed by atoms with Gasteiger partial charge in [-0.05, 0) is 6.42 Å². The molecule has 0 aliphatic rings. The van der Waals surface area contributed by atoms with Gasteiger partial charge in [0.05, 0.1) is 16.8 Å². The maximum absolute atomic E-state index is 10.1. The summed E-state index contributed by atoms with van der Waals surface area (Å²) < 4.78 is 0. The number of benzene rings is 1. The molecule has 1 N–H and O–H groups in total. The highest BCUT2D eigenvalue weighted by Crippen LogP contribution is 2.23. The number of unbranched alkanes of at least 4 members (excludes halogenated alkanes) is 4. The smallest absolute Gasteiger partial charge is 0.0958 e. The minimum atomic E-state index is -0.249. The van der Waals surface area contributed by atoms with E-state index in [2.05, 4.69) is 29.4 Å². The van der Waals surface area contributed by atoms with Crippen LogP contribution in [0.3, 0.4) is 0 Å². The first kappa shape index (κ1) is 16.2. The molecule has 0 amide bonds. The molecule has 2 aromatic rings. The average Bonchev–Trinajstić information content (AvgIpc) is 2.96. The zero-order valence-corrected chi connectivity index (χ0v) is 13.6. The van der Waals surface area contributed by atoms with Crippen molar-refractivity contribution < 1.29 is 5.11 Å². The number of rotatable bonds is 9. The molecule has 0 aliphatic heterocycles. The van der Waals surface area contributed by atoms with Crippen LogP contribution in [-0.2, 0) is 6.42 Å². The largest absolute Gasteiger partial charge is 0.393 e. The highest BCUT2D eigenvalue weighted by Gasteiger charge is 2.10. The SMILES string of the molecule is CCCCCCCC(O)Cc1nc(-c2ccccc2)cs1. The third-order valence-electron chi connectivity index (χ3n) is 3.67. The van der Waals surface area contributed by atoms with Crippen LogP contribution in [0.25, 0.3) is 11.3 Å². The second-order valence-electron chi connectivity index (χ2n) is 5.55. The zero-order chi connectivity index (χ0) is 14.9. The summed E-state index contributed by atoms with van der Waals surface area (Å²) in [5.74, 6) is 0. The van der Waals surface area contributed by atoms with Gasteiger partial charge >= 0.3 is 0 Å². The molecule has 0 aliphatic carbocycles. The third-order valence-corrected chi connectivity index (χ3v) is 4.54. The van der Waals surface area contributed by atoms with Crippen molar-refractivity contribution in [2.75, 3.05) is 0 Å². The summed E-state index contributed by atoms with van der Waals surface area (Å²) in [6, 6.07) is 10.2. The lowest BCUT2D eigenvalue weighted by atomic mass is 10.1. The number of aliphatic hydroxyl groups is 1. The molecule has 3 heteroatoms. The summed E-state index contributed by atoms with van der Waals surface area (Å²) in [5, 5.41) is 13.2. The number of hydrogen-bond donors (Lipinski definition) is 1. The van der Waals surface area contributed by atoms with E-state index in [1.807, 2.05) is 18.2 Å². The molecule has 0 saturated carbocycles. The topological polar surface area (TPSA) is 33.1 Å². The van der Waals surface area contributed by atoms with Gasteiger partial charge in [-0.15, -0.1) is 11.3 Å². The van der Waals surface area contributed by atoms with Gasteiger partial charge in [0.15, 0.2) is 0 Å². The number of hydrogen-bond acceptors (Lipinski definition) is 3. The van der Waals surface area contributed by atoms with Crippen molar-refractivity contribution >= 4 is 11.3 Å². The Balaban J connectivity index is 1.77. The standard InChI is InChI=1S/C18H25NOS/c1-2-3-4-5-9-12-16(20)13-18-19-17(14-21-18)15-10-7-6-8-11-15/h6-8,10-11,14,16,20H,2-5,9,12-13H2,1H3. The van der Waals surface area contributed by atoms with Crippen molar-refractivity contribution in [1.29, 1.82) is 0 Å². The van der Waals surface area contributed by atoms with Crippen molar-refractivity contribution in [3.8, 4) is 11.3 Å². The van der Waals surface area contributed by atoms with Gasteiger partial charge in [0, 0.05) is 17.4 Å². The normalized spacial score (nSPS) is 12.5. The molecular weight excluding hydrogens is 278 g/mol. The molecule has 2 nitrogen and oxygen atoms in total. The van der Waals surface area contributed by atoms with Gasteiger partial charge in [-0.1, -0.05) is 69.4 Å². The molecule has 114 valence electrons. The Morgan fingerprint density at radius 1 is 1.10 bits per heavy atom. The van der Waals surface area contributed by atoms with Crippen LogP contribution in [0.5, 0.6) is 0 Å². The van der Waals surface area contributed by atoms with E-state index in [0.29, 0.717) is 6.42 Å². The number of nitrogens with zero attached hydrogens (tertiary/aromatic N) is 1. The van der Waals surface area contributed by atoms with Gasteiger partial charge in [-0.2, -0.15) is 0 Å². The molecular formula is C18H25NOS. The molecule has 0 fully saturated rings. The third kappa shape index (κ3) is 5.60. The van der Waals surface area contributed by atoms with Crippen LogP contribution in [0.15, 0.2) is 35.7 Å². The van der Waals surface area contributed by atoms with Crippen LogP contribution >= 0.6 is 11.3 Å². The van der Waals surface area contributed by atoms with Crippen LogP contribution in [0.2, 0.25) is 0 Å². The van der Waals surface area contributed by atoms with Gasteiger partial charge in [-0.25, -0.2) is 4.98 Å². The maximum Gasteiger partial charge on any atom is 0.0958 e. The lowest BCUT2D eigenvalue weighted by molar-refractivity contribution is 0.161. The van der Waals surface area contributed by atoms with Crippen molar-refractivity contribution in [2.45, 2.75) is 58.0 Å². The van der Waals surface area contributed by atoms with Crippen LogP contribution in [0.1, 0.15) is 50.5 Å². The highest BCUT2D eigenvalue weighted by molar-refractivity contribution is 7.09. The average molecular weight is 303 g/mol. The number of thiazole rings is 1. The summed E-state index contributed by atoms with van der Waals surface area (Å²) >= 11 is 1.65. The fourth-order valence-electron chi connectivity index (χ4n) is 2.43. The Morgan fingerprint density at radius 3 is 2.62 bits per heavy atom. The Kier molecular flexibility index (Phi) is 6.90. The van der Waals surface area contributed by atoms with Crippen LogP contribution < -0.4 is 0 Å². The predicted molar refractivity (Wildman–Crippen MR) is 90.6 cm³/mol. The van der Waals surface area contributed by atoms with Crippen molar-refractivity contribution in [1.82, 2.24) is 4.98 Å². The number of aromatic nitrogens is 1. The molecule has 1 aromatic carbocycles. The predicted octanol–water partition coefficient (Wildman–Crippen LogP) is 5.07. The summed E-state index contributed by atoms with van der Waals surface area (Å²) in [6.45, 7) is 2.22. The molecule has 1 atom stereocenters. The Bertz CT molecular complexity index is 509. The van der Waals surface area contributed by atoms with Crippen LogP contribution in [-0.4, -0.2) is 16.2 Å². The second kappa shape index (κ2) is 8.96. The monoisotopic (exact) mass is 303 g/mol. The lowest BCUT2D eigenvalue weighted by Crippen LogP contribution is -2.10. The van der Waals surface area contributed by atoms with E-state index in [1.54, 1.807) is 11.3 Å². The van der Waals surface area contributed by atoms with Gasteiger partial charge in [0.25, 0.3) is 0 Å². The Hall–Kier alpha value is -1.19. The fraction of sp³-hybridized carbons (Fsp3) is 0.500. The van der Waals surface area contributed by atoms with E-state index in [9.17, 15) is 5.11 Å². The molecule has 0 saturated heterocycles. The van der Waals surface area contributed by atoms with E-state index in [1.165, 1.54) is 25.7 Å². The van der Waals surface area contributed by atoms with Crippen molar-refractivity contribution in [2.24, 2.45) is 0 Å². The second-order valence-corrected chi connectivity index (χ2v) is 6.50. The van der Waals surface area contributed by atoms with Gasteiger partial charge < -0.3 is 5.11 Å². The van der Waals surface area contributed by atoms with Crippen molar-refractivity contribution in [3.05, 3.63) is 40.7 Å². The minimum Gasteiger partial charge on any atom is -0.393 e. The van der Waals surface area contributed by atoms with Gasteiger partial charge in [-0.3, -0.25) is 0 Å². The number of aliphatic hydroxyl groups excluding tert-OH is 1. The van der Waals surface area contributed by atoms with Crippen LogP contribution in [0, 0.1) is 0 Å². The van der Waals surface area contributed by atoms with E-state index < -0.39 is 0 Å². The van der Waals surface area contributed by atoms with Gasteiger partial charge in [0.1, 0.15) is 0 Å². The summed E-state index contributed by atoms with van der Waals surface area (Å²) in [4.78, 5) is 4.64. The van der Waals surface area contributed by atoms with Gasteiger partial charge in [0.2, 0.25) is 0 Å². The van der Waals surface area contributed by atoms with E-state index in [-0.39, 0.29) is 6.10 Å². The molecule has 2 rings (SSSR count). The molecule has 1 aromatic heterocycles.